The standard InChI is InChI=1S/C23H20N.C18H14N.Ir/c1-16(2)13-17-11-12-24-23(14-17)20-9-10-22-19(15-20)8-7-18-5-3-4-6-21(18)22;1-14-10-11-16(18-9-5-6-12-19-18)13-17(14)15-7-3-2-4-8-15;/h3-8,10-12,14-16H,13H2,1-2H3;2-10,12-13H,1H3;/q2*-1;/i13D2;;. The van der Waals surface area contributed by atoms with E-state index in [2.05, 4.69) is 95.8 Å². The first-order chi connectivity index (χ1) is 21.8. The molecule has 0 saturated heterocycles. The van der Waals surface area contributed by atoms with E-state index in [1.54, 1.807) is 12.3 Å². The summed E-state index contributed by atoms with van der Waals surface area (Å²) in [4.78, 5) is 8.84. The van der Waals surface area contributed by atoms with E-state index in [-0.39, 0.29) is 26.0 Å². The van der Waals surface area contributed by atoms with Crippen molar-refractivity contribution >= 4 is 21.5 Å². The average Bonchev–Trinajstić information content (AvgIpc) is 3.09. The number of benzene rings is 5. The molecule has 0 atom stereocenters. The fourth-order valence-corrected chi connectivity index (χ4v) is 5.26. The molecule has 0 aliphatic heterocycles. The van der Waals surface area contributed by atoms with E-state index < -0.39 is 6.37 Å². The first kappa shape index (κ1) is 28.3. The summed E-state index contributed by atoms with van der Waals surface area (Å²) in [5, 5.41) is 4.73. The van der Waals surface area contributed by atoms with Crippen LogP contribution in [-0.4, -0.2) is 9.97 Å². The number of hydrogen-bond donors (Lipinski definition) is 0. The Hall–Kier alpha value is -4.43. The number of aromatic nitrogens is 2. The summed E-state index contributed by atoms with van der Waals surface area (Å²) in [5.41, 5.74) is 7.97. The summed E-state index contributed by atoms with van der Waals surface area (Å²) in [6.07, 6.45) is 2.11. The molecular formula is C41H34IrN2-2. The molecule has 0 fully saturated rings. The smallest absolute Gasteiger partial charge is 0.0318 e. The van der Waals surface area contributed by atoms with Gasteiger partial charge in [-0.25, -0.2) is 0 Å². The van der Waals surface area contributed by atoms with Gasteiger partial charge in [-0.2, -0.15) is 0 Å². The molecule has 7 rings (SSSR count). The topological polar surface area (TPSA) is 25.8 Å². The van der Waals surface area contributed by atoms with Crippen molar-refractivity contribution in [2.75, 3.05) is 0 Å². The Kier molecular flexibility index (Phi) is 9.25. The first-order valence-corrected chi connectivity index (χ1v) is 14.6. The molecule has 0 amide bonds. The zero-order chi connectivity index (χ0) is 31.4. The Bertz CT molecular complexity index is 2080. The van der Waals surface area contributed by atoms with Crippen LogP contribution in [0.25, 0.3) is 55.2 Å². The fraction of sp³-hybridized carbons (Fsp3) is 0.122. The maximum atomic E-state index is 8.33. The second kappa shape index (κ2) is 14.4. The van der Waals surface area contributed by atoms with Crippen LogP contribution < -0.4 is 0 Å². The summed E-state index contributed by atoms with van der Waals surface area (Å²) < 4.78 is 16.7. The molecule has 0 aliphatic rings. The summed E-state index contributed by atoms with van der Waals surface area (Å²) in [6.45, 7) is 5.90. The first-order valence-electron chi connectivity index (χ1n) is 15.6. The van der Waals surface area contributed by atoms with E-state index in [1.165, 1.54) is 32.8 Å². The van der Waals surface area contributed by atoms with Crippen molar-refractivity contribution in [3.63, 3.8) is 0 Å². The Balaban J connectivity index is 0.000000186. The predicted octanol–water partition coefficient (Wildman–Crippen LogP) is 10.6. The van der Waals surface area contributed by atoms with Crippen LogP contribution in [0.5, 0.6) is 0 Å². The van der Waals surface area contributed by atoms with Crippen LogP contribution in [0.15, 0.2) is 134 Å². The number of hydrogen-bond acceptors (Lipinski definition) is 2. The van der Waals surface area contributed by atoms with Gasteiger partial charge in [-0.05, 0) is 46.8 Å². The number of rotatable bonds is 5. The molecule has 7 aromatic rings. The van der Waals surface area contributed by atoms with Crippen LogP contribution in [0.1, 0.15) is 27.7 Å². The molecule has 0 unspecified atom stereocenters. The van der Waals surface area contributed by atoms with E-state index in [9.17, 15) is 0 Å². The van der Waals surface area contributed by atoms with E-state index in [0.717, 1.165) is 27.9 Å². The minimum atomic E-state index is -1.38. The summed E-state index contributed by atoms with van der Waals surface area (Å²) in [6, 6.07) is 47.5. The van der Waals surface area contributed by atoms with Crippen molar-refractivity contribution in [3.05, 3.63) is 157 Å². The summed E-state index contributed by atoms with van der Waals surface area (Å²) >= 11 is 0. The van der Waals surface area contributed by atoms with Crippen LogP contribution in [-0.2, 0) is 26.5 Å². The summed E-state index contributed by atoms with van der Waals surface area (Å²) in [5.74, 6) is -0.107. The Labute approximate surface area is 277 Å². The molecule has 0 N–H and O–H groups in total. The molecule has 44 heavy (non-hydrogen) atoms. The van der Waals surface area contributed by atoms with Crippen LogP contribution >= 0.6 is 0 Å². The van der Waals surface area contributed by atoms with E-state index in [1.807, 2.05) is 68.6 Å². The van der Waals surface area contributed by atoms with Gasteiger partial charge in [0.2, 0.25) is 0 Å². The van der Waals surface area contributed by atoms with Crippen molar-refractivity contribution < 1.29 is 22.8 Å². The SMILES string of the molecule is Cc1c[c-]c(-c2ccccn2)cc1-c1ccccc1.[2H]C([2H])(c1ccnc(-c2[c-]cc3c(ccc4ccccc43)c2)c1)C(C)C.[Ir]. The third kappa shape index (κ3) is 7.19. The largest absolute Gasteiger partial charge is 0.305 e. The Morgan fingerprint density at radius 2 is 1.36 bits per heavy atom. The average molecular weight is 749 g/mol. The van der Waals surface area contributed by atoms with Crippen molar-refractivity contribution in [2.24, 2.45) is 5.92 Å². The molecule has 1 radical (unpaired) electrons. The molecule has 0 saturated carbocycles. The number of fused-ring (bicyclic) bond motifs is 3. The van der Waals surface area contributed by atoms with Crippen molar-refractivity contribution in [2.45, 2.75) is 27.1 Å². The third-order valence-corrected chi connectivity index (χ3v) is 7.35. The van der Waals surface area contributed by atoms with Gasteiger partial charge in [0, 0.05) is 35.2 Å². The van der Waals surface area contributed by atoms with E-state index in [0.29, 0.717) is 5.56 Å². The van der Waals surface area contributed by atoms with Gasteiger partial charge in [-0.3, -0.25) is 0 Å². The molecule has 2 aromatic heterocycles. The molecule has 2 heterocycles. The zero-order valence-corrected chi connectivity index (χ0v) is 27.4. The number of nitrogens with zero attached hydrogens (tertiary/aromatic N) is 2. The van der Waals surface area contributed by atoms with Gasteiger partial charge >= 0.3 is 0 Å². The Morgan fingerprint density at radius 1 is 0.659 bits per heavy atom. The van der Waals surface area contributed by atoms with Gasteiger partial charge in [-0.1, -0.05) is 128 Å². The van der Waals surface area contributed by atoms with Crippen LogP contribution in [0.2, 0.25) is 0 Å². The van der Waals surface area contributed by atoms with Gasteiger partial charge in [0.25, 0.3) is 0 Å². The van der Waals surface area contributed by atoms with Gasteiger partial charge in [0.05, 0.1) is 0 Å². The second-order valence-corrected chi connectivity index (χ2v) is 10.9. The molecule has 0 spiro atoms. The summed E-state index contributed by atoms with van der Waals surface area (Å²) in [7, 11) is 0. The third-order valence-electron chi connectivity index (χ3n) is 7.35. The number of pyridine rings is 2. The van der Waals surface area contributed by atoms with Gasteiger partial charge < -0.3 is 9.97 Å². The van der Waals surface area contributed by atoms with Gasteiger partial charge in [0.1, 0.15) is 0 Å². The van der Waals surface area contributed by atoms with Crippen LogP contribution in [0, 0.1) is 25.0 Å². The molecule has 0 aliphatic carbocycles. The maximum Gasteiger partial charge on any atom is 0.0318 e. The quantitative estimate of drug-likeness (QED) is 0.129. The van der Waals surface area contributed by atoms with E-state index >= 15 is 0 Å². The van der Waals surface area contributed by atoms with Crippen LogP contribution in [0.3, 0.4) is 0 Å². The normalized spacial score (nSPS) is 11.7. The minimum Gasteiger partial charge on any atom is -0.305 e. The molecule has 3 heteroatoms. The molecule has 2 nitrogen and oxygen atoms in total. The minimum absolute atomic E-state index is 0. The van der Waals surface area contributed by atoms with Crippen molar-refractivity contribution in [1.29, 1.82) is 0 Å². The van der Waals surface area contributed by atoms with Gasteiger partial charge in [0.15, 0.2) is 0 Å². The van der Waals surface area contributed by atoms with Crippen molar-refractivity contribution in [3.8, 4) is 33.6 Å². The molecule has 0 bridgehead atoms. The molecule has 219 valence electrons. The second-order valence-electron chi connectivity index (χ2n) is 10.9. The van der Waals surface area contributed by atoms with Gasteiger partial charge in [-0.15, -0.1) is 58.5 Å². The Morgan fingerprint density at radius 3 is 2.16 bits per heavy atom. The van der Waals surface area contributed by atoms with Crippen molar-refractivity contribution in [1.82, 2.24) is 9.97 Å². The molecular weight excluding hydrogens is 713 g/mol. The monoisotopic (exact) mass is 749 g/mol. The number of aryl methyl sites for hydroxylation is 1. The molecule has 5 aromatic carbocycles. The fourth-order valence-electron chi connectivity index (χ4n) is 5.26. The maximum absolute atomic E-state index is 8.33. The van der Waals surface area contributed by atoms with Crippen LogP contribution in [0.4, 0.5) is 0 Å². The zero-order valence-electron chi connectivity index (χ0n) is 27.0. The predicted molar refractivity (Wildman–Crippen MR) is 181 cm³/mol. The van der Waals surface area contributed by atoms with E-state index in [4.69, 9.17) is 2.74 Å².